The van der Waals surface area contributed by atoms with Crippen LogP contribution in [-0.4, -0.2) is 5.78 Å². The van der Waals surface area contributed by atoms with Crippen molar-refractivity contribution in [2.75, 3.05) is 0 Å². The van der Waals surface area contributed by atoms with Crippen LogP contribution in [0.3, 0.4) is 0 Å². The monoisotopic (exact) mass is 278 g/mol. The topological polar surface area (TPSA) is 17.1 Å². The summed E-state index contributed by atoms with van der Waals surface area (Å²) < 4.78 is 38.4. The second-order valence-corrected chi connectivity index (χ2v) is 5.78. The Balaban J connectivity index is 3.21. The largest absolute Gasteiger partial charge is 0.417 e. The first-order valence-corrected chi connectivity index (χ1v) is 5.78. The summed E-state index contributed by atoms with van der Waals surface area (Å²) in [5, 5.41) is -0.0327. The van der Waals surface area contributed by atoms with Crippen LogP contribution in [-0.2, 0) is 6.18 Å². The molecular formula is C13H14ClF3O. The Morgan fingerprint density at radius 3 is 2.22 bits per heavy atom. The number of carbonyl (C=O) groups is 1. The molecule has 0 radical (unpaired) electrons. The van der Waals surface area contributed by atoms with Gasteiger partial charge in [0, 0.05) is 17.0 Å². The lowest BCUT2D eigenvalue weighted by Gasteiger charge is -2.19. The zero-order chi connectivity index (χ0) is 14.1. The third-order valence-electron chi connectivity index (χ3n) is 2.28. The minimum atomic E-state index is -4.58. The molecule has 0 saturated heterocycles. The molecule has 1 aromatic rings. The van der Waals surface area contributed by atoms with Crippen LogP contribution < -0.4 is 0 Å². The highest BCUT2D eigenvalue weighted by Gasteiger charge is 2.35. The lowest BCUT2D eigenvalue weighted by molar-refractivity contribution is -0.137. The van der Waals surface area contributed by atoms with Gasteiger partial charge < -0.3 is 0 Å². The van der Waals surface area contributed by atoms with Crippen molar-refractivity contribution in [1.82, 2.24) is 0 Å². The first-order chi connectivity index (χ1) is 8.00. The van der Waals surface area contributed by atoms with Crippen molar-refractivity contribution in [1.29, 1.82) is 0 Å². The number of benzene rings is 1. The van der Waals surface area contributed by atoms with E-state index in [1.807, 2.05) is 0 Å². The molecule has 100 valence electrons. The van der Waals surface area contributed by atoms with Gasteiger partial charge in [-0.1, -0.05) is 32.4 Å². The molecule has 0 fully saturated rings. The molecule has 1 aromatic carbocycles. The van der Waals surface area contributed by atoms with Crippen molar-refractivity contribution in [2.24, 2.45) is 5.41 Å². The van der Waals surface area contributed by atoms with Crippen LogP contribution >= 0.6 is 11.6 Å². The summed E-state index contributed by atoms with van der Waals surface area (Å²) in [7, 11) is 0. The van der Waals surface area contributed by atoms with E-state index < -0.39 is 17.5 Å². The number of Topliss-reactive ketones (excluding diaryl/α,β-unsaturated/α-hetero) is 1. The van der Waals surface area contributed by atoms with E-state index in [1.54, 1.807) is 20.8 Å². The average Bonchev–Trinajstić information content (AvgIpc) is 2.13. The van der Waals surface area contributed by atoms with Gasteiger partial charge in [0.25, 0.3) is 0 Å². The highest BCUT2D eigenvalue weighted by atomic mass is 35.5. The number of hydrogen-bond donors (Lipinski definition) is 0. The molecule has 1 rings (SSSR count). The van der Waals surface area contributed by atoms with Crippen molar-refractivity contribution >= 4 is 17.4 Å². The molecule has 0 bridgehead atoms. The van der Waals surface area contributed by atoms with Gasteiger partial charge in [0.1, 0.15) is 0 Å². The van der Waals surface area contributed by atoms with Gasteiger partial charge in [-0.2, -0.15) is 13.2 Å². The molecule has 0 saturated carbocycles. The summed E-state index contributed by atoms with van der Waals surface area (Å²) >= 11 is 5.55. The van der Waals surface area contributed by atoms with Gasteiger partial charge in [0.05, 0.1) is 5.56 Å². The second kappa shape index (κ2) is 4.92. The standard InChI is InChI=1S/C13H14ClF3O/c1-12(2,3)7-11(18)9-5-4-8(14)6-10(9)13(15,16)17/h4-6H,7H2,1-3H3. The maximum atomic E-state index is 12.8. The SMILES string of the molecule is CC(C)(C)CC(=O)c1ccc(Cl)cc1C(F)(F)F. The molecule has 0 unspecified atom stereocenters. The molecule has 0 aromatic heterocycles. The molecule has 0 spiro atoms. The Kier molecular flexibility index (Phi) is 4.11. The molecule has 5 heteroatoms. The van der Waals surface area contributed by atoms with Crippen LogP contribution in [0.4, 0.5) is 13.2 Å². The quantitative estimate of drug-likeness (QED) is 0.698. The Morgan fingerprint density at radius 2 is 1.78 bits per heavy atom. The van der Waals surface area contributed by atoms with Crippen molar-refractivity contribution in [2.45, 2.75) is 33.4 Å². The maximum Gasteiger partial charge on any atom is 0.417 e. The Labute approximate surface area is 109 Å². The van der Waals surface area contributed by atoms with Gasteiger partial charge >= 0.3 is 6.18 Å². The van der Waals surface area contributed by atoms with E-state index >= 15 is 0 Å². The molecule has 0 aliphatic heterocycles. The molecule has 0 heterocycles. The number of hydrogen-bond acceptors (Lipinski definition) is 1. The Morgan fingerprint density at radius 1 is 1.22 bits per heavy atom. The fraction of sp³-hybridized carbons (Fsp3) is 0.462. The Bertz CT molecular complexity index is 458. The predicted molar refractivity (Wildman–Crippen MR) is 64.9 cm³/mol. The number of carbonyl (C=O) groups excluding carboxylic acids is 1. The third kappa shape index (κ3) is 4.02. The molecule has 1 nitrogen and oxygen atoms in total. The summed E-state index contributed by atoms with van der Waals surface area (Å²) in [6, 6.07) is 3.23. The number of alkyl halides is 3. The first-order valence-electron chi connectivity index (χ1n) is 5.41. The second-order valence-electron chi connectivity index (χ2n) is 5.35. The molecule has 18 heavy (non-hydrogen) atoms. The van der Waals surface area contributed by atoms with Crippen molar-refractivity contribution in [3.8, 4) is 0 Å². The zero-order valence-electron chi connectivity index (χ0n) is 10.4. The van der Waals surface area contributed by atoms with E-state index in [4.69, 9.17) is 11.6 Å². The van der Waals surface area contributed by atoms with Crippen LogP contribution in [0.25, 0.3) is 0 Å². The summed E-state index contributed by atoms with van der Waals surface area (Å²) in [6.07, 6.45) is -4.52. The van der Waals surface area contributed by atoms with Crippen LogP contribution in [0.1, 0.15) is 43.1 Å². The smallest absolute Gasteiger partial charge is 0.294 e. The van der Waals surface area contributed by atoms with Crippen LogP contribution in [0.5, 0.6) is 0 Å². The van der Waals surface area contributed by atoms with Gasteiger partial charge in [-0.25, -0.2) is 0 Å². The molecule has 0 aliphatic rings. The predicted octanol–water partition coefficient (Wildman–Crippen LogP) is 4.98. The zero-order valence-corrected chi connectivity index (χ0v) is 11.1. The fourth-order valence-corrected chi connectivity index (χ4v) is 1.74. The van der Waals surface area contributed by atoms with Crippen LogP contribution in [0, 0.1) is 5.41 Å². The van der Waals surface area contributed by atoms with E-state index in [0.717, 1.165) is 12.1 Å². The average molecular weight is 279 g/mol. The van der Waals surface area contributed by atoms with Gasteiger partial charge in [-0.3, -0.25) is 4.79 Å². The van der Waals surface area contributed by atoms with E-state index in [0.29, 0.717) is 0 Å². The molecular weight excluding hydrogens is 265 g/mol. The van der Waals surface area contributed by atoms with Crippen LogP contribution in [0.2, 0.25) is 5.02 Å². The fourth-order valence-electron chi connectivity index (χ4n) is 1.57. The summed E-state index contributed by atoms with van der Waals surface area (Å²) in [6.45, 7) is 5.40. The minimum absolute atomic E-state index is 0.0327. The molecule has 0 atom stereocenters. The molecule has 0 amide bonds. The van der Waals surface area contributed by atoms with Crippen molar-refractivity contribution in [3.63, 3.8) is 0 Å². The number of halogens is 4. The van der Waals surface area contributed by atoms with E-state index in [-0.39, 0.29) is 22.4 Å². The van der Waals surface area contributed by atoms with Gasteiger partial charge in [-0.15, -0.1) is 0 Å². The van der Waals surface area contributed by atoms with Gasteiger partial charge in [0.2, 0.25) is 0 Å². The van der Waals surface area contributed by atoms with Crippen molar-refractivity contribution in [3.05, 3.63) is 34.3 Å². The van der Waals surface area contributed by atoms with E-state index in [2.05, 4.69) is 0 Å². The Hall–Kier alpha value is -1.03. The van der Waals surface area contributed by atoms with E-state index in [1.165, 1.54) is 6.07 Å². The van der Waals surface area contributed by atoms with E-state index in [9.17, 15) is 18.0 Å². The maximum absolute atomic E-state index is 12.8. The van der Waals surface area contributed by atoms with Crippen molar-refractivity contribution < 1.29 is 18.0 Å². The van der Waals surface area contributed by atoms with Gasteiger partial charge in [-0.05, 0) is 23.6 Å². The first kappa shape index (κ1) is 15.0. The van der Waals surface area contributed by atoms with Crippen LogP contribution in [0.15, 0.2) is 18.2 Å². The van der Waals surface area contributed by atoms with Gasteiger partial charge in [0.15, 0.2) is 5.78 Å². The summed E-state index contributed by atoms with van der Waals surface area (Å²) in [4.78, 5) is 11.9. The number of ketones is 1. The molecule has 0 aliphatic carbocycles. The lowest BCUT2D eigenvalue weighted by Crippen LogP contribution is -2.18. The third-order valence-corrected chi connectivity index (χ3v) is 2.51. The summed E-state index contributed by atoms with van der Waals surface area (Å²) in [5.74, 6) is -0.522. The minimum Gasteiger partial charge on any atom is -0.294 e. The summed E-state index contributed by atoms with van der Waals surface area (Å²) in [5.41, 5.74) is -1.65. The molecule has 0 N–H and O–H groups in total. The lowest BCUT2D eigenvalue weighted by atomic mass is 9.86. The highest BCUT2D eigenvalue weighted by Crippen LogP contribution is 2.35. The highest BCUT2D eigenvalue weighted by molar-refractivity contribution is 6.30. The number of rotatable bonds is 2. The normalized spacial score (nSPS) is 12.6.